The molecule has 88 valence electrons. The number of carbonyl (C=O) groups is 1. The molecule has 3 nitrogen and oxygen atoms in total. The molecule has 0 aliphatic heterocycles. The first kappa shape index (κ1) is 13.3. The normalized spacial score (nSPS) is 13.4. The Morgan fingerprint density at radius 2 is 1.88 bits per heavy atom. The zero-order valence-electron chi connectivity index (χ0n) is 9.21. The molecule has 0 aliphatic rings. The van der Waals surface area contributed by atoms with Gasteiger partial charge in [-0.1, -0.05) is 36.9 Å². The van der Waals surface area contributed by atoms with Crippen molar-refractivity contribution < 1.29 is 13.2 Å². The largest absolute Gasteiger partial charge is 0.286 e. The number of hydrogen-bond donors (Lipinski definition) is 0. The van der Waals surface area contributed by atoms with E-state index in [0.29, 0.717) is 6.42 Å². The van der Waals surface area contributed by atoms with Crippen LogP contribution < -0.4 is 0 Å². The van der Waals surface area contributed by atoms with Crippen molar-refractivity contribution >= 4 is 26.7 Å². The van der Waals surface area contributed by atoms with Crippen LogP contribution in [-0.4, -0.2) is 25.0 Å². The van der Waals surface area contributed by atoms with Crippen LogP contribution in [0.15, 0.2) is 35.2 Å². The highest BCUT2D eigenvalue weighted by molar-refractivity contribution is 8.14. The van der Waals surface area contributed by atoms with E-state index in [4.69, 9.17) is 0 Å². The van der Waals surface area contributed by atoms with E-state index in [1.165, 1.54) is 12.1 Å². The summed E-state index contributed by atoms with van der Waals surface area (Å²) in [5, 5.41) is -1.24. The molecule has 1 unspecified atom stereocenters. The van der Waals surface area contributed by atoms with Crippen molar-refractivity contribution in [2.24, 2.45) is 0 Å². The van der Waals surface area contributed by atoms with Gasteiger partial charge in [0.1, 0.15) is 5.25 Å². The molecule has 0 N–H and O–H groups in total. The highest BCUT2D eigenvalue weighted by atomic mass is 32.2. The Balaban J connectivity index is 3.15. The fraction of sp³-hybridized carbons (Fsp3) is 0.364. The molecule has 0 aromatic heterocycles. The standard InChI is InChI=1S/C11H14O3S2/c1-3-10(11(12)15-2)16(13,14)9-7-5-4-6-8-9/h4-8,10H,3H2,1-2H3. The molecule has 0 spiro atoms. The molecule has 0 saturated carbocycles. The van der Waals surface area contributed by atoms with Crippen molar-refractivity contribution in [3.8, 4) is 0 Å². The Morgan fingerprint density at radius 1 is 1.31 bits per heavy atom. The van der Waals surface area contributed by atoms with Gasteiger partial charge in [0.2, 0.25) is 5.12 Å². The lowest BCUT2D eigenvalue weighted by Crippen LogP contribution is -2.27. The van der Waals surface area contributed by atoms with Gasteiger partial charge < -0.3 is 0 Å². The number of carbonyl (C=O) groups excluding carboxylic acids is 1. The fourth-order valence-corrected chi connectivity index (χ4v) is 4.07. The Bertz CT molecular complexity index is 451. The third-order valence-electron chi connectivity index (χ3n) is 2.28. The summed E-state index contributed by atoms with van der Waals surface area (Å²) >= 11 is 0.961. The summed E-state index contributed by atoms with van der Waals surface area (Å²) in [6.07, 6.45) is 1.91. The lowest BCUT2D eigenvalue weighted by molar-refractivity contribution is -0.110. The molecule has 0 aliphatic carbocycles. The second kappa shape index (κ2) is 5.50. The van der Waals surface area contributed by atoms with Crippen LogP contribution in [0.4, 0.5) is 0 Å². The molecular formula is C11H14O3S2. The number of thioether (sulfide) groups is 1. The van der Waals surface area contributed by atoms with Gasteiger partial charge >= 0.3 is 0 Å². The van der Waals surface area contributed by atoms with Crippen molar-refractivity contribution in [1.29, 1.82) is 0 Å². The molecule has 0 fully saturated rings. The lowest BCUT2D eigenvalue weighted by Gasteiger charge is -2.13. The molecule has 0 amide bonds. The number of rotatable bonds is 4. The minimum Gasteiger partial charge on any atom is -0.286 e. The second-order valence-electron chi connectivity index (χ2n) is 3.28. The first-order valence-electron chi connectivity index (χ1n) is 4.90. The topological polar surface area (TPSA) is 51.2 Å². The maximum Gasteiger partial charge on any atom is 0.207 e. The van der Waals surface area contributed by atoms with Gasteiger partial charge in [-0.2, -0.15) is 0 Å². The zero-order chi connectivity index (χ0) is 12.2. The Labute approximate surface area is 100 Å². The highest BCUT2D eigenvalue weighted by Crippen LogP contribution is 2.21. The quantitative estimate of drug-likeness (QED) is 0.830. The van der Waals surface area contributed by atoms with E-state index in [9.17, 15) is 13.2 Å². The fourth-order valence-electron chi connectivity index (χ4n) is 1.42. The molecule has 1 rings (SSSR count). The van der Waals surface area contributed by atoms with E-state index in [0.717, 1.165) is 11.8 Å². The molecule has 1 aromatic rings. The van der Waals surface area contributed by atoms with Crippen LogP contribution in [0.2, 0.25) is 0 Å². The van der Waals surface area contributed by atoms with Gasteiger partial charge in [0.05, 0.1) is 4.90 Å². The summed E-state index contributed by atoms with van der Waals surface area (Å²) in [6.45, 7) is 1.71. The summed E-state index contributed by atoms with van der Waals surface area (Å²) in [7, 11) is -3.53. The molecule has 1 atom stereocenters. The van der Waals surface area contributed by atoms with Crippen LogP contribution in [0.5, 0.6) is 0 Å². The summed E-state index contributed by atoms with van der Waals surface area (Å²) < 4.78 is 24.3. The van der Waals surface area contributed by atoms with E-state index >= 15 is 0 Å². The van der Waals surface area contributed by atoms with Gasteiger partial charge in [-0.05, 0) is 24.8 Å². The predicted molar refractivity (Wildman–Crippen MR) is 66.2 cm³/mol. The van der Waals surface area contributed by atoms with Gasteiger partial charge in [-0.15, -0.1) is 0 Å². The maximum absolute atomic E-state index is 12.1. The van der Waals surface area contributed by atoms with Crippen molar-refractivity contribution in [1.82, 2.24) is 0 Å². The third-order valence-corrected chi connectivity index (χ3v) is 5.34. The van der Waals surface area contributed by atoms with Crippen molar-refractivity contribution in [2.75, 3.05) is 6.26 Å². The molecule has 0 bridgehead atoms. The zero-order valence-corrected chi connectivity index (χ0v) is 10.8. The summed E-state index contributed by atoms with van der Waals surface area (Å²) in [5.41, 5.74) is 0. The third kappa shape index (κ3) is 2.65. The second-order valence-corrected chi connectivity index (χ2v) is 6.22. The van der Waals surface area contributed by atoms with E-state index in [2.05, 4.69) is 0 Å². The summed E-state index contributed by atoms with van der Waals surface area (Å²) in [4.78, 5) is 11.8. The van der Waals surface area contributed by atoms with E-state index in [1.54, 1.807) is 31.4 Å². The average Bonchev–Trinajstić information content (AvgIpc) is 2.30. The van der Waals surface area contributed by atoms with Gasteiger partial charge in [-0.3, -0.25) is 4.79 Å². The molecule has 5 heteroatoms. The van der Waals surface area contributed by atoms with Crippen molar-refractivity contribution in [3.63, 3.8) is 0 Å². The van der Waals surface area contributed by atoms with E-state index in [-0.39, 0.29) is 10.0 Å². The monoisotopic (exact) mass is 258 g/mol. The Hall–Kier alpha value is -0.810. The highest BCUT2D eigenvalue weighted by Gasteiger charge is 2.31. The van der Waals surface area contributed by atoms with Gasteiger partial charge in [-0.25, -0.2) is 8.42 Å². The van der Waals surface area contributed by atoms with E-state index < -0.39 is 15.1 Å². The number of hydrogen-bond acceptors (Lipinski definition) is 4. The van der Waals surface area contributed by atoms with Crippen LogP contribution in [-0.2, 0) is 14.6 Å². The summed E-state index contributed by atoms with van der Waals surface area (Å²) in [6, 6.07) is 8.10. The van der Waals surface area contributed by atoms with Crippen molar-refractivity contribution in [2.45, 2.75) is 23.5 Å². The minimum atomic E-state index is -3.53. The SMILES string of the molecule is CCC(C(=O)SC)S(=O)(=O)c1ccccc1. The van der Waals surface area contributed by atoms with Crippen molar-refractivity contribution in [3.05, 3.63) is 30.3 Å². The molecule has 0 saturated heterocycles. The molecular weight excluding hydrogens is 244 g/mol. The first-order valence-corrected chi connectivity index (χ1v) is 7.68. The number of benzene rings is 1. The van der Waals surface area contributed by atoms with Crippen LogP contribution >= 0.6 is 11.8 Å². The lowest BCUT2D eigenvalue weighted by atomic mass is 10.3. The first-order chi connectivity index (χ1) is 7.54. The molecule has 0 heterocycles. The van der Waals surface area contributed by atoms with Gasteiger partial charge in [0.15, 0.2) is 9.84 Å². The number of sulfone groups is 1. The average molecular weight is 258 g/mol. The molecule has 16 heavy (non-hydrogen) atoms. The van der Waals surface area contributed by atoms with Crippen LogP contribution in [0.3, 0.4) is 0 Å². The van der Waals surface area contributed by atoms with Crippen LogP contribution in [0.25, 0.3) is 0 Å². The van der Waals surface area contributed by atoms with E-state index in [1.807, 2.05) is 0 Å². The van der Waals surface area contributed by atoms with Crippen LogP contribution in [0, 0.1) is 0 Å². The molecule has 1 aromatic carbocycles. The predicted octanol–water partition coefficient (Wildman–Crippen LogP) is 2.13. The maximum atomic E-state index is 12.1. The summed E-state index contributed by atoms with van der Waals surface area (Å²) in [5.74, 6) is 0. The molecule has 0 radical (unpaired) electrons. The van der Waals surface area contributed by atoms with Gasteiger partial charge in [0, 0.05) is 0 Å². The smallest absolute Gasteiger partial charge is 0.207 e. The Kier molecular flexibility index (Phi) is 4.56. The minimum absolute atomic E-state index is 0.212. The van der Waals surface area contributed by atoms with Gasteiger partial charge in [0.25, 0.3) is 0 Å². The van der Waals surface area contributed by atoms with Crippen LogP contribution in [0.1, 0.15) is 13.3 Å². The Morgan fingerprint density at radius 3 is 2.31 bits per heavy atom.